The van der Waals surface area contributed by atoms with Crippen molar-refractivity contribution in [3.63, 3.8) is 0 Å². The zero-order valence-electron chi connectivity index (χ0n) is 9.29. The van der Waals surface area contributed by atoms with Gasteiger partial charge in [-0.3, -0.25) is 0 Å². The second kappa shape index (κ2) is 3.86. The zero-order valence-corrected chi connectivity index (χ0v) is 10.0. The second-order valence-corrected chi connectivity index (χ2v) is 4.43. The number of rotatable bonds is 2. The molecule has 0 saturated carbocycles. The molecule has 80 valence electrons. The number of fused-ring (bicyclic) bond motifs is 1. The van der Waals surface area contributed by atoms with E-state index >= 15 is 0 Å². The van der Waals surface area contributed by atoms with Gasteiger partial charge in [-0.05, 0) is 32.4 Å². The molecule has 2 rings (SSSR count). The number of imidazole rings is 1. The van der Waals surface area contributed by atoms with Crippen molar-refractivity contribution in [3.05, 3.63) is 29.6 Å². The molecule has 1 atom stereocenters. The van der Waals surface area contributed by atoms with Gasteiger partial charge in [0.2, 0.25) is 0 Å². The molecule has 2 nitrogen and oxygen atoms in total. The van der Waals surface area contributed by atoms with Crippen LogP contribution >= 0.6 is 11.6 Å². The van der Waals surface area contributed by atoms with Crippen LogP contribution in [-0.2, 0) is 6.54 Å². The predicted molar refractivity (Wildman–Crippen MR) is 64.4 cm³/mol. The SMILES string of the molecule is CCn1c(C(C)Cl)nc2c(C)cccc21. The Labute approximate surface area is 94.9 Å². The van der Waals surface area contributed by atoms with Crippen LogP contribution in [0.3, 0.4) is 0 Å². The summed E-state index contributed by atoms with van der Waals surface area (Å²) in [6, 6.07) is 6.24. The quantitative estimate of drug-likeness (QED) is 0.709. The molecule has 0 spiro atoms. The molecule has 0 radical (unpaired) electrons. The Morgan fingerprint density at radius 1 is 1.47 bits per heavy atom. The third-order valence-corrected chi connectivity index (χ3v) is 2.88. The average Bonchev–Trinajstić information content (AvgIpc) is 2.57. The van der Waals surface area contributed by atoms with E-state index in [9.17, 15) is 0 Å². The first-order valence-electron chi connectivity index (χ1n) is 5.25. The lowest BCUT2D eigenvalue weighted by molar-refractivity contribution is 0.717. The maximum absolute atomic E-state index is 6.13. The van der Waals surface area contributed by atoms with Crippen LogP contribution in [0.5, 0.6) is 0 Å². The molecule has 1 aromatic carbocycles. The highest BCUT2D eigenvalue weighted by Gasteiger charge is 2.14. The fourth-order valence-electron chi connectivity index (χ4n) is 1.94. The van der Waals surface area contributed by atoms with E-state index < -0.39 is 0 Å². The van der Waals surface area contributed by atoms with E-state index in [4.69, 9.17) is 11.6 Å². The lowest BCUT2D eigenvalue weighted by atomic mass is 10.2. The van der Waals surface area contributed by atoms with Crippen LogP contribution in [0.25, 0.3) is 11.0 Å². The minimum atomic E-state index is -0.0447. The second-order valence-electron chi connectivity index (χ2n) is 3.77. The predicted octanol–water partition coefficient (Wildman–Crippen LogP) is 3.66. The first-order valence-corrected chi connectivity index (χ1v) is 5.68. The molecule has 0 amide bonds. The molecule has 0 saturated heterocycles. The Hall–Kier alpha value is -1.02. The maximum Gasteiger partial charge on any atom is 0.127 e. The normalized spacial score (nSPS) is 13.3. The molecule has 1 heterocycles. The van der Waals surface area contributed by atoms with Gasteiger partial charge in [-0.2, -0.15) is 0 Å². The molecule has 1 unspecified atom stereocenters. The Balaban J connectivity index is 2.78. The summed E-state index contributed by atoms with van der Waals surface area (Å²) in [5, 5.41) is -0.0447. The zero-order chi connectivity index (χ0) is 11.0. The fraction of sp³-hybridized carbons (Fsp3) is 0.417. The molecule has 0 N–H and O–H groups in total. The number of aromatic nitrogens is 2. The Morgan fingerprint density at radius 2 is 2.20 bits per heavy atom. The summed E-state index contributed by atoms with van der Waals surface area (Å²) in [6.45, 7) is 7.07. The number of benzene rings is 1. The van der Waals surface area contributed by atoms with Crippen molar-refractivity contribution >= 4 is 22.6 Å². The third-order valence-electron chi connectivity index (χ3n) is 2.68. The van der Waals surface area contributed by atoms with E-state index in [0.717, 1.165) is 17.9 Å². The monoisotopic (exact) mass is 222 g/mol. The molecule has 0 aliphatic heterocycles. The van der Waals surface area contributed by atoms with E-state index in [2.05, 4.69) is 41.6 Å². The van der Waals surface area contributed by atoms with Gasteiger partial charge in [0.1, 0.15) is 5.82 Å². The third kappa shape index (κ3) is 1.63. The average molecular weight is 223 g/mol. The van der Waals surface area contributed by atoms with Crippen molar-refractivity contribution in [1.29, 1.82) is 0 Å². The smallest absolute Gasteiger partial charge is 0.127 e. The van der Waals surface area contributed by atoms with E-state index in [1.54, 1.807) is 0 Å². The Kier molecular flexibility index (Phi) is 2.70. The van der Waals surface area contributed by atoms with Crippen LogP contribution in [0.15, 0.2) is 18.2 Å². The Morgan fingerprint density at radius 3 is 2.80 bits per heavy atom. The number of aryl methyl sites for hydroxylation is 2. The number of nitrogens with zero attached hydrogens (tertiary/aromatic N) is 2. The fourth-order valence-corrected chi connectivity index (χ4v) is 2.11. The van der Waals surface area contributed by atoms with Gasteiger partial charge in [0.25, 0.3) is 0 Å². The molecule has 3 heteroatoms. The van der Waals surface area contributed by atoms with Gasteiger partial charge < -0.3 is 4.57 Å². The summed E-state index contributed by atoms with van der Waals surface area (Å²) in [7, 11) is 0. The van der Waals surface area contributed by atoms with Gasteiger partial charge in [-0.15, -0.1) is 11.6 Å². The Bertz CT molecular complexity index is 486. The standard InChI is InChI=1S/C12H15ClN2/c1-4-15-10-7-5-6-8(2)11(10)14-12(15)9(3)13/h5-7,9H,4H2,1-3H3. The highest BCUT2D eigenvalue weighted by Crippen LogP contribution is 2.25. The van der Waals surface area contributed by atoms with Crippen LogP contribution < -0.4 is 0 Å². The van der Waals surface area contributed by atoms with Crippen molar-refractivity contribution < 1.29 is 0 Å². The molecule has 2 aromatic rings. The number of alkyl halides is 1. The molecule has 0 bridgehead atoms. The van der Waals surface area contributed by atoms with Crippen LogP contribution in [0.2, 0.25) is 0 Å². The van der Waals surface area contributed by atoms with Crippen LogP contribution in [-0.4, -0.2) is 9.55 Å². The summed E-state index contributed by atoms with van der Waals surface area (Å²) in [5.74, 6) is 0.962. The van der Waals surface area contributed by atoms with Gasteiger partial charge in [-0.25, -0.2) is 4.98 Å². The minimum absolute atomic E-state index is 0.0447. The topological polar surface area (TPSA) is 17.8 Å². The van der Waals surface area contributed by atoms with Gasteiger partial charge in [0, 0.05) is 6.54 Å². The van der Waals surface area contributed by atoms with Crippen molar-refractivity contribution in [2.24, 2.45) is 0 Å². The van der Waals surface area contributed by atoms with Gasteiger partial charge in [0.05, 0.1) is 16.4 Å². The van der Waals surface area contributed by atoms with Gasteiger partial charge in [-0.1, -0.05) is 12.1 Å². The molecular formula is C12H15ClN2. The number of hydrogen-bond donors (Lipinski definition) is 0. The van der Waals surface area contributed by atoms with Crippen molar-refractivity contribution in [3.8, 4) is 0 Å². The molecular weight excluding hydrogens is 208 g/mol. The lowest BCUT2D eigenvalue weighted by Crippen LogP contribution is -2.01. The molecule has 0 fully saturated rings. The summed E-state index contributed by atoms with van der Waals surface area (Å²) in [4.78, 5) is 4.61. The van der Waals surface area contributed by atoms with E-state index in [0.29, 0.717) is 0 Å². The van der Waals surface area contributed by atoms with E-state index in [1.165, 1.54) is 11.1 Å². The van der Waals surface area contributed by atoms with Crippen molar-refractivity contribution in [2.75, 3.05) is 0 Å². The summed E-state index contributed by atoms with van der Waals surface area (Å²) < 4.78 is 2.18. The first kappa shape index (κ1) is 10.5. The highest BCUT2D eigenvalue weighted by molar-refractivity contribution is 6.20. The molecule has 15 heavy (non-hydrogen) atoms. The largest absolute Gasteiger partial charge is 0.327 e. The number of halogens is 1. The maximum atomic E-state index is 6.13. The van der Waals surface area contributed by atoms with E-state index in [-0.39, 0.29) is 5.38 Å². The van der Waals surface area contributed by atoms with Crippen LogP contribution in [0.1, 0.15) is 30.6 Å². The lowest BCUT2D eigenvalue weighted by Gasteiger charge is -2.06. The molecule has 0 aliphatic rings. The summed E-state index contributed by atoms with van der Waals surface area (Å²) in [5.41, 5.74) is 3.46. The van der Waals surface area contributed by atoms with Crippen molar-refractivity contribution in [2.45, 2.75) is 32.7 Å². The van der Waals surface area contributed by atoms with Crippen LogP contribution in [0.4, 0.5) is 0 Å². The van der Waals surface area contributed by atoms with Crippen molar-refractivity contribution in [1.82, 2.24) is 9.55 Å². The highest BCUT2D eigenvalue weighted by atomic mass is 35.5. The summed E-state index contributed by atoms with van der Waals surface area (Å²) in [6.07, 6.45) is 0. The van der Waals surface area contributed by atoms with Crippen LogP contribution in [0, 0.1) is 6.92 Å². The molecule has 0 aliphatic carbocycles. The number of para-hydroxylation sites is 1. The minimum Gasteiger partial charge on any atom is -0.327 e. The first-order chi connectivity index (χ1) is 7.15. The van der Waals surface area contributed by atoms with Gasteiger partial charge in [0.15, 0.2) is 0 Å². The van der Waals surface area contributed by atoms with E-state index in [1.807, 2.05) is 6.92 Å². The van der Waals surface area contributed by atoms with Gasteiger partial charge >= 0.3 is 0 Å². The molecule has 1 aromatic heterocycles. The number of hydrogen-bond acceptors (Lipinski definition) is 1. The summed E-state index contributed by atoms with van der Waals surface area (Å²) >= 11 is 6.13.